The maximum absolute atomic E-state index is 12.7. The first-order valence-electron chi connectivity index (χ1n) is 10.6. The Morgan fingerprint density at radius 2 is 1.93 bits per heavy atom. The lowest BCUT2D eigenvalue weighted by molar-refractivity contribution is -0.131. The Balaban J connectivity index is 1.32. The number of fused-ring (bicyclic) bond motifs is 2. The molecule has 3 fully saturated rings. The van der Waals surface area contributed by atoms with Crippen LogP contribution in [0.3, 0.4) is 0 Å². The molecular weight excluding hydrogens is 358 g/mol. The third-order valence-corrected chi connectivity index (χ3v) is 6.86. The quantitative estimate of drug-likeness (QED) is 0.765. The Hall–Kier alpha value is -1.93. The number of aromatic nitrogens is 2. The minimum absolute atomic E-state index is 0.00973. The Bertz CT molecular complexity index is 805. The van der Waals surface area contributed by atoms with E-state index in [4.69, 9.17) is 9.72 Å². The summed E-state index contributed by atoms with van der Waals surface area (Å²) < 4.78 is 5.42. The number of amides is 1. The molecule has 1 amide bonds. The van der Waals surface area contributed by atoms with E-state index in [1.54, 1.807) is 0 Å². The Morgan fingerprint density at radius 3 is 2.64 bits per heavy atom. The number of likely N-dealkylation sites (tertiary alicyclic amines) is 1. The smallest absolute Gasteiger partial charge is 0.255 e. The first-order valence-corrected chi connectivity index (χ1v) is 10.6. The van der Waals surface area contributed by atoms with E-state index in [2.05, 4.69) is 15.2 Å². The number of piperidine rings is 1. The highest BCUT2D eigenvalue weighted by atomic mass is 16.5. The number of H-pyrrole nitrogens is 1. The number of anilines is 1. The molecule has 0 unspecified atom stereocenters. The molecule has 2 aliphatic heterocycles. The zero-order valence-corrected chi connectivity index (χ0v) is 16.3. The molecule has 0 atom stereocenters. The van der Waals surface area contributed by atoms with E-state index < -0.39 is 0 Å². The number of ether oxygens (including phenoxy) is 1. The van der Waals surface area contributed by atoms with Crippen LogP contribution in [-0.4, -0.2) is 72.8 Å². The monoisotopic (exact) mass is 387 g/mol. The zero-order valence-electron chi connectivity index (χ0n) is 16.3. The van der Waals surface area contributed by atoms with Gasteiger partial charge in [-0.05, 0) is 38.5 Å². The van der Waals surface area contributed by atoms with Crippen molar-refractivity contribution < 1.29 is 9.53 Å². The van der Waals surface area contributed by atoms with Gasteiger partial charge in [0.1, 0.15) is 0 Å². The van der Waals surface area contributed by atoms with Crippen LogP contribution in [0.25, 0.3) is 0 Å². The molecular formula is C20H29N5O3. The average Bonchev–Trinajstić information content (AvgIpc) is 3.50. The van der Waals surface area contributed by atoms with E-state index in [0.29, 0.717) is 31.7 Å². The van der Waals surface area contributed by atoms with Crippen LogP contribution in [0.2, 0.25) is 0 Å². The van der Waals surface area contributed by atoms with E-state index in [-0.39, 0.29) is 16.9 Å². The number of nitrogens with one attached hydrogen (secondary N) is 2. The molecule has 1 saturated carbocycles. The van der Waals surface area contributed by atoms with Crippen LogP contribution < -0.4 is 15.8 Å². The number of carbonyl (C=O) groups is 1. The molecule has 5 rings (SSSR count). The molecule has 2 saturated heterocycles. The number of carbonyl (C=O) groups excluding carboxylic acids is 1. The van der Waals surface area contributed by atoms with E-state index in [9.17, 15) is 9.59 Å². The summed E-state index contributed by atoms with van der Waals surface area (Å²) in [4.78, 5) is 37.2. The molecule has 2 N–H and O–H groups in total. The Morgan fingerprint density at radius 1 is 1.18 bits per heavy atom. The molecule has 1 aromatic heterocycles. The topological polar surface area (TPSA) is 90.6 Å². The first-order chi connectivity index (χ1) is 13.6. The summed E-state index contributed by atoms with van der Waals surface area (Å²) in [6.07, 6.45) is 5.94. The van der Waals surface area contributed by atoms with Gasteiger partial charge in [0.2, 0.25) is 11.9 Å². The molecule has 8 heteroatoms. The standard InChI is InChI=1S/C20H29N5O3/c26-16(13-21-14-1-2-14)24-7-5-20(6-8-24)4-3-15-17(20)22-19(23-18(15)27)25-9-11-28-12-10-25/h14,21H,1-13H2,(H,22,23,27). The zero-order chi connectivity index (χ0) is 19.1. The minimum Gasteiger partial charge on any atom is -0.378 e. The van der Waals surface area contributed by atoms with Crippen LogP contribution in [-0.2, 0) is 21.4 Å². The van der Waals surface area contributed by atoms with Gasteiger partial charge in [-0.3, -0.25) is 14.6 Å². The molecule has 28 heavy (non-hydrogen) atoms. The number of morpholine rings is 1. The van der Waals surface area contributed by atoms with Crippen LogP contribution in [0.15, 0.2) is 4.79 Å². The molecule has 0 radical (unpaired) electrons. The largest absolute Gasteiger partial charge is 0.378 e. The molecule has 3 heterocycles. The summed E-state index contributed by atoms with van der Waals surface area (Å²) in [5, 5.41) is 3.32. The predicted molar refractivity (Wildman–Crippen MR) is 105 cm³/mol. The molecule has 8 nitrogen and oxygen atoms in total. The van der Waals surface area contributed by atoms with Crippen molar-refractivity contribution in [2.24, 2.45) is 0 Å². The summed E-state index contributed by atoms with van der Waals surface area (Å²) in [6, 6.07) is 0.552. The highest BCUT2D eigenvalue weighted by molar-refractivity contribution is 5.78. The van der Waals surface area contributed by atoms with Gasteiger partial charge in [-0.15, -0.1) is 0 Å². The maximum atomic E-state index is 12.7. The molecule has 0 bridgehead atoms. The van der Waals surface area contributed by atoms with E-state index in [1.165, 1.54) is 12.8 Å². The van der Waals surface area contributed by atoms with Crippen molar-refractivity contribution in [3.63, 3.8) is 0 Å². The van der Waals surface area contributed by atoms with E-state index in [0.717, 1.165) is 63.1 Å². The summed E-state index contributed by atoms with van der Waals surface area (Å²) in [5.74, 6) is 0.883. The van der Waals surface area contributed by atoms with Crippen LogP contribution >= 0.6 is 0 Å². The summed E-state index contributed by atoms with van der Waals surface area (Å²) in [7, 11) is 0. The van der Waals surface area contributed by atoms with Gasteiger partial charge >= 0.3 is 0 Å². The molecule has 4 aliphatic rings. The first kappa shape index (κ1) is 18.1. The van der Waals surface area contributed by atoms with Crippen molar-refractivity contribution >= 4 is 11.9 Å². The fourth-order valence-electron chi connectivity index (χ4n) is 4.87. The van der Waals surface area contributed by atoms with Crippen molar-refractivity contribution in [3.8, 4) is 0 Å². The van der Waals surface area contributed by atoms with Crippen LogP contribution in [0.5, 0.6) is 0 Å². The predicted octanol–water partition coefficient (Wildman–Crippen LogP) is 0.165. The molecule has 1 aromatic rings. The van der Waals surface area contributed by atoms with Crippen LogP contribution in [0, 0.1) is 0 Å². The minimum atomic E-state index is -0.0503. The van der Waals surface area contributed by atoms with Gasteiger partial charge in [-0.2, -0.15) is 0 Å². The highest BCUT2D eigenvalue weighted by Gasteiger charge is 2.45. The second-order valence-corrected chi connectivity index (χ2v) is 8.63. The van der Waals surface area contributed by atoms with Gasteiger partial charge < -0.3 is 19.9 Å². The molecule has 0 aromatic carbocycles. The van der Waals surface area contributed by atoms with Crippen LogP contribution in [0.1, 0.15) is 43.4 Å². The van der Waals surface area contributed by atoms with Gasteiger partial charge in [0.05, 0.1) is 25.5 Å². The van der Waals surface area contributed by atoms with E-state index >= 15 is 0 Å². The second kappa shape index (κ2) is 7.15. The fourth-order valence-corrected chi connectivity index (χ4v) is 4.87. The number of hydrogen-bond acceptors (Lipinski definition) is 6. The number of rotatable bonds is 4. The molecule has 2 aliphatic carbocycles. The Kier molecular flexibility index (Phi) is 4.63. The van der Waals surface area contributed by atoms with E-state index in [1.807, 2.05) is 4.90 Å². The number of nitrogens with zero attached hydrogens (tertiary/aromatic N) is 3. The third-order valence-electron chi connectivity index (χ3n) is 6.86. The molecule has 1 spiro atoms. The normalized spacial score (nSPS) is 23.9. The lowest BCUT2D eigenvalue weighted by atomic mass is 9.76. The van der Waals surface area contributed by atoms with Crippen molar-refractivity contribution in [3.05, 3.63) is 21.6 Å². The third kappa shape index (κ3) is 3.33. The fraction of sp³-hybridized carbons (Fsp3) is 0.750. The summed E-state index contributed by atoms with van der Waals surface area (Å²) >= 11 is 0. The number of aromatic amines is 1. The summed E-state index contributed by atoms with van der Waals surface area (Å²) in [5.41, 5.74) is 1.80. The van der Waals surface area contributed by atoms with Gasteiger partial charge in [0, 0.05) is 43.2 Å². The maximum Gasteiger partial charge on any atom is 0.255 e. The van der Waals surface area contributed by atoms with Crippen molar-refractivity contribution in [2.75, 3.05) is 50.8 Å². The summed E-state index contributed by atoms with van der Waals surface area (Å²) in [6.45, 7) is 4.80. The number of hydrogen-bond donors (Lipinski definition) is 2. The van der Waals surface area contributed by atoms with Gasteiger partial charge in [0.15, 0.2) is 0 Å². The SMILES string of the molecule is O=C(CNC1CC1)N1CCC2(CCc3c2nc(N2CCOCC2)[nH]c3=O)CC1. The lowest BCUT2D eigenvalue weighted by Gasteiger charge is -2.39. The second-order valence-electron chi connectivity index (χ2n) is 8.63. The Labute approximate surface area is 164 Å². The van der Waals surface area contributed by atoms with Crippen molar-refractivity contribution in [1.29, 1.82) is 0 Å². The average molecular weight is 387 g/mol. The van der Waals surface area contributed by atoms with Crippen molar-refractivity contribution in [1.82, 2.24) is 20.2 Å². The van der Waals surface area contributed by atoms with Gasteiger partial charge in [-0.25, -0.2) is 4.98 Å². The lowest BCUT2D eigenvalue weighted by Crippen LogP contribution is -2.47. The van der Waals surface area contributed by atoms with Crippen LogP contribution in [0.4, 0.5) is 5.95 Å². The highest BCUT2D eigenvalue weighted by Crippen LogP contribution is 2.44. The van der Waals surface area contributed by atoms with Gasteiger partial charge in [-0.1, -0.05) is 0 Å². The van der Waals surface area contributed by atoms with Crippen molar-refractivity contribution in [2.45, 2.75) is 50.0 Å². The molecule has 152 valence electrons. The van der Waals surface area contributed by atoms with Gasteiger partial charge in [0.25, 0.3) is 5.56 Å².